The van der Waals surface area contributed by atoms with E-state index in [1.54, 1.807) is 0 Å². The maximum atomic E-state index is 5.69. The highest BCUT2D eigenvalue weighted by atomic mass is 16.5. The number of rotatable bonds is 7. The van der Waals surface area contributed by atoms with Gasteiger partial charge in [-0.2, -0.15) is 0 Å². The first-order valence-electron chi connectivity index (χ1n) is 7.64. The summed E-state index contributed by atoms with van der Waals surface area (Å²) in [5, 5.41) is 3.59. The number of hydrogen-bond donors (Lipinski definition) is 1. The molecule has 0 aromatic heterocycles. The number of nitrogens with zero attached hydrogens (tertiary/aromatic N) is 1. The zero-order valence-corrected chi connectivity index (χ0v) is 13.0. The highest BCUT2D eigenvalue weighted by Crippen LogP contribution is 2.31. The minimum atomic E-state index is 0.226. The molecule has 0 aromatic rings. The Morgan fingerprint density at radius 3 is 2.39 bits per heavy atom. The molecule has 3 nitrogen and oxygen atoms in total. The van der Waals surface area contributed by atoms with Crippen LogP contribution in [0.1, 0.15) is 47.0 Å². The van der Waals surface area contributed by atoms with Gasteiger partial charge >= 0.3 is 0 Å². The lowest BCUT2D eigenvalue weighted by atomic mass is 9.77. The first-order valence-corrected chi connectivity index (χ1v) is 7.64. The highest BCUT2D eigenvalue weighted by Gasteiger charge is 2.40. The van der Waals surface area contributed by atoms with Crippen LogP contribution in [0.15, 0.2) is 0 Å². The van der Waals surface area contributed by atoms with E-state index in [0.717, 1.165) is 26.3 Å². The lowest BCUT2D eigenvalue weighted by Gasteiger charge is -2.49. The number of hydrogen-bond acceptors (Lipinski definition) is 3. The lowest BCUT2D eigenvalue weighted by Crippen LogP contribution is -2.62. The van der Waals surface area contributed by atoms with Crippen molar-refractivity contribution in [1.29, 1.82) is 0 Å². The van der Waals surface area contributed by atoms with E-state index in [2.05, 4.69) is 45.0 Å². The van der Waals surface area contributed by atoms with Crippen LogP contribution in [0.2, 0.25) is 0 Å². The Morgan fingerprint density at radius 2 is 2.00 bits per heavy atom. The summed E-state index contributed by atoms with van der Waals surface area (Å²) in [4.78, 5) is 2.60. The van der Waals surface area contributed by atoms with E-state index in [4.69, 9.17) is 4.74 Å². The molecule has 1 rings (SSSR count). The Kier molecular flexibility index (Phi) is 6.61. The Morgan fingerprint density at radius 1 is 1.33 bits per heavy atom. The zero-order valence-electron chi connectivity index (χ0n) is 13.0. The molecular weight excluding hydrogens is 224 g/mol. The molecule has 0 aliphatic carbocycles. The SMILES string of the molecule is CCN(CC)C(C)(CC)C(NC)C1CCCOC1. The van der Waals surface area contributed by atoms with Gasteiger partial charge in [-0.15, -0.1) is 0 Å². The summed E-state index contributed by atoms with van der Waals surface area (Å²) in [5.74, 6) is 0.647. The van der Waals surface area contributed by atoms with Crippen LogP contribution in [0.25, 0.3) is 0 Å². The molecule has 0 aromatic carbocycles. The van der Waals surface area contributed by atoms with Crippen molar-refractivity contribution in [3.8, 4) is 0 Å². The molecule has 1 saturated heterocycles. The first-order chi connectivity index (χ1) is 8.63. The Labute approximate surface area is 113 Å². The van der Waals surface area contributed by atoms with E-state index in [0.29, 0.717) is 12.0 Å². The van der Waals surface area contributed by atoms with Crippen molar-refractivity contribution in [2.24, 2.45) is 5.92 Å². The van der Waals surface area contributed by atoms with Gasteiger partial charge in [-0.3, -0.25) is 4.90 Å². The molecule has 0 bridgehead atoms. The molecule has 0 amide bonds. The van der Waals surface area contributed by atoms with Gasteiger partial charge in [0.05, 0.1) is 6.61 Å². The molecule has 3 heteroatoms. The van der Waals surface area contributed by atoms with E-state index in [1.807, 2.05) is 0 Å². The van der Waals surface area contributed by atoms with Crippen molar-refractivity contribution >= 4 is 0 Å². The fraction of sp³-hybridized carbons (Fsp3) is 1.00. The summed E-state index contributed by atoms with van der Waals surface area (Å²) in [6.07, 6.45) is 3.68. The summed E-state index contributed by atoms with van der Waals surface area (Å²) >= 11 is 0. The summed E-state index contributed by atoms with van der Waals surface area (Å²) in [6, 6.07) is 0.516. The number of ether oxygens (including phenoxy) is 1. The number of likely N-dealkylation sites (N-methyl/N-ethyl adjacent to an activating group) is 2. The van der Waals surface area contributed by atoms with Crippen LogP contribution >= 0.6 is 0 Å². The van der Waals surface area contributed by atoms with E-state index >= 15 is 0 Å². The summed E-state index contributed by atoms with van der Waals surface area (Å²) in [7, 11) is 2.11. The molecule has 1 heterocycles. The molecule has 3 unspecified atom stereocenters. The summed E-state index contributed by atoms with van der Waals surface area (Å²) < 4.78 is 5.69. The van der Waals surface area contributed by atoms with Crippen LogP contribution < -0.4 is 5.32 Å². The highest BCUT2D eigenvalue weighted by molar-refractivity contribution is 4.99. The van der Waals surface area contributed by atoms with Gasteiger partial charge in [-0.05, 0) is 52.2 Å². The monoisotopic (exact) mass is 256 g/mol. The summed E-state index contributed by atoms with van der Waals surface area (Å²) in [5.41, 5.74) is 0.226. The average Bonchev–Trinajstić information content (AvgIpc) is 2.42. The second-order valence-electron chi connectivity index (χ2n) is 5.63. The van der Waals surface area contributed by atoms with E-state index in [9.17, 15) is 0 Å². The van der Waals surface area contributed by atoms with Crippen LogP contribution in [0.4, 0.5) is 0 Å². The lowest BCUT2D eigenvalue weighted by molar-refractivity contribution is -0.0116. The van der Waals surface area contributed by atoms with Gasteiger partial charge in [-0.25, -0.2) is 0 Å². The van der Waals surface area contributed by atoms with Crippen molar-refractivity contribution in [3.05, 3.63) is 0 Å². The van der Waals surface area contributed by atoms with Crippen molar-refractivity contribution in [3.63, 3.8) is 0 Å². The average molecular weight is 256 g/mol. The van der Waals surface area contributed by atoms with Crippen LogP contribution in [-0.2, 0) is 4.74 Å². The number of nitrogens with one attached hydrogen (secondary N) is 1. The standard InChI is InChI=1S/C15H32N2O/c1-6-15(4,17(7-2)8-3)14(16-5)13-10-9-11-18-12-13/h13-14,16H,6-12H2,1-5H3. The summed E-state index contributed by atoms with van der Waals surface area (Å²) in [6.45, 7) is 13.4. The smallest absolute Gasteiger partial charge is 0.0509 e. The van der Waals surface area contributed by atoms with Gasteiger partial charge in [0, 0.05) is 18.2 Å². The van der Waals surface area contributed by atoms with Crippen molar-refractivity contribution < 1.29 is 4.74 Å². The molecule has 0 radical (unpaired) electrons. The minimum Gasteiger partial charge on any atom is -0.381 e. The fourth-order valence-corrected chi connectivity index (χ4v) is 3.67. The van der Waals surface area contributed by atoms with Crippen LogP contribution in [0.5, 0.6) is 0 Å². The molecule has 1 N–H and O–H groups in total. The third-order valence-corrected chi connectivity index (χ3v) is 4.85. The van der Waals surface area contributed by atoms with Crippen molar-refractivity contribution in [1.82, 2.24) is 10.2 Å². The predicted octanol–water partition coefficient (Wildman–Crippen LogP) is 2.51. The van der Waals surface area contributed by atoms with E-state index in [1.165, 1.54) is 19.3 Å². The third-order valence-electron chi connectivity index (χ3n) is 4.85. The van der Waals surface area contributed by atoms with Gasteiger partial charge in [0.1, 0.15) is 0 Å². The maximum Gasteiger partial charge on any atom is 0.0509 e. The molecular formula is C15H32N2O. The molecule has 0 spiro atoms. The van der Waals surface area contributed by atoms with Crippen molar-refractivity contribution in [2.45, 2.75) is 58.5 Å². The Bertz CT molecular complexity index is 225. The molecule has 1 aliphatic rings. The molecule has 18 heavy (non-hydrogen) atoms. The fourth-order valence-electron chi connectivity index (χ4n) is 3.67. The van der Waals surface area contributed by atoms with Gasteiger partial charge in [0.2, 0.25) is 0 Å². The first kappa shape index (κ1) is 15.9. The Balaban J connectivity index is 2.86. The normalized spacial score (nSPS) is 26.0. The van der Waals surface area contributed by atoms with E-state index in [-0.39, 0.29) is 5.54 Å². The second kappa shape index (κ2) is 7.46. The second-order valence-corrected chi connectivity index (χ2v) is 5.63. The van der Waals surface area contributed by atoms with Gasteiger partial charge in [0.15, 0.2) is 0 Å². The minimum absolute atomic E-state index is 0.226. The predicted molar refractivity (Wildman–Crippen MR) is 78.0 cm³/mol. The third kappa shape index (κ3) is 3.25. The van der Waals surface area contributed by atoms with Gasteiger partial charge in [-0.1, -0.05) is 20.8 Å². The van der Waals surface area contributed by atoms with E-state index < -0.39 is 0 Å². The maximum absolute atomic E-state index is 5.69. The van der Waals surface area contributed by atoms with Crippen LogP contribution in [0, 0.1) is 5.92 Å². The molecule has 1 aliphatic heterocycles. The van der Waals surface area contributed by atoms with Crippen LogP contribution in [-0.4, -0.2) is 49.8 Å². The van der Waals surface area contributed by atoms with Crippen LogP contribution in [0.3, 0.4) is 0 Å². The molecule has 3 atom stereocenters. The molecule has 108 valence electrons. The quantitative estimate of drug-likeness (QED) is 0.757. The zero-order chi connectivity index (χ0) is 13.6. The Hall–Kier alpha value is -0.120. The molecule has 0 saturated carbocycles. The van der Waals surface area contributed by atoms with Crippen molar-refractivity contribution in [2.75, 3.05) is 33.4 Å². The molecule has 1 fully saturated rings. The van der Waals surface area contributed by atoms with Gasteiger partial charge in [0.25, 0.3) is 0 Å². The topological polar surface area (TPSA) is 24.5 Å². The van der Waals surface area contributed by atoms with Gasteiger partial charge < -0.3 is 10.1 Å². The largest absolute Gasteiger partial charge is 0.381 e.